The fourth-order valence-corrected chi connectivity index (χ4v) is 1.27. The number of nitrogens with zero attached hydrogens (tertiary/aromatic N) is 3. The highest BCUT2D eigenvalue weighted by molar-refractivity contribution is 5.38. The number of hydrogen-bond donors (Lipinski definition) is 1. The first kappa shape index (κ1) is 8.83. The molecule has 0 saturated heterocycles. The van der Waals surface area contributed by atoms with E-state index in [0.29, 0.717) is 0 Å². The molecule has 4 nitrogen and oxygen atoms in total. The molecule has 0 radical (unpaired) electrons. The zero-order valence-corrected chi connectivity index (χ0v) is 7.39. The summed E-state index contributed by atoms with van der Waals surface area (Å²) in [5, 5.41) is 7.97. The van der Waals surface area contributed by atoms with Crippen LogP contribution in [0.25, 0.3) is 5.69 Å². The first-order valence-electron chi connectivity index (χ1n) is 4.20. The summed E-state index contributed by atoms with van der Waals surface area (Å²) in [6.45, 7) is 0.151. The molecule has 0 fully saturated rings. The molecule has 1 heterocycles. The molecule has 0 aliphatic carbocycles. The number of benzene rings is 1. The second-order valence-corrected chi connectivity index (χ2v) is 2.76. The standard InChI is InChI=1S/C9H9FN4/c10-11-7-8-3-1-2-4-9(8)14-12-5-6-13-14/h1-6,11H,7H2. The number of halogens is 1. The molecule has 2 rings (SSSR count). The molecule has 72 valence electrons. The molecule has 2 aromatic rings. The summed E-state index contributed by atoms with van der Waals surface area (Å²) < 4.78 is 12.0. The van der Waals surface area contributed by atoms with E-state index in [4.69, 9.17) is 0 Å². The Balaban J connectivity index is 2.42. The van der Waals surface area contributed by atoms with Crippen molar-refractivity contribution >= 4 is 0 Å². The van der Waals surface area contributed by atoms with Crippen molar-refractivity contribution in [1.82, 2.24) is 20.5 Å². The molecule has 0 aliphatic heterocycles. The third-order valence-electron chi connectivity index (χ3n) is 1.88. The van der Waals surface area contributed by atoms with Crippen molar-refractivity contribution < 1.29 is 4.48 Å². The van der Waals surface area contributed by atoms with Gasteiger partial charge in [-0.1, -0.05) is 18.2 Å². The number of nitrogens with one attached hydrogen (secondary N) is 1. The zero-order chi connectivity index (χ0) is 9.80. The molecule has 14 heavy (non-hydrogen) atoms. The van der Waals surface area contributed by atoms with E-state index >= 15 is 0 Å². The molecular weight excluding hydrogens is 183 g/mol. The van der Waals surface area contributed by atoms with Crippen LogP contribution in [0, 0.1) is 0 Å². The highest BCUT2D eigenvalue weighted by Gasteiger charge is 2.03. The van der Waals surface area contributed by atoms with Crippen LogP contribution < -0.4 is 5.54 Å². The van der Waals surface area contributed by atoms with Crippen molar-refractivity contribution in [1.29, 1.82) is 0 Å². The minimum atomic E-state index is 0.151. The van der Waals surface area contributed by atoms with Crippen LogP contribution >= 0.6 is 0 Å². The quantitative estimate of drug-likeness (QED) is 0.744. The third-order valence-corrected chi connectivity index (χ3v) is 1.88. The third kappa shape index (κ3) is 1.62. The lowest BCUT2D eigenvalue weighted by atomic mass is 10.2. The van der Waals surface area contributed by atoms with Crippen LogP contribution in [0.15, 0.2) is 36.7 Å². The van der Waals surface area contributed by atoms with E-state index in [1.54, 1.807) is 17.9 Å². The molecule has 0 bridgehead atoms. The topological polar surface area (TPSA) is 42.7 Å². The van der Waals surface area contributed by atoms with Gasteiger partial charge in [-0.3, -0.25) is 0 Å². The Morgan fingerprint density at radius 1 is 1.21 bits per heavy atom. The second kappa shape index (κ2) is 3.97. The summed E-state index contributed by atoms with van der Waals surface area (Å²) >= 11 is 0. The number of hydrogen-bond acceptors (Lipinski definition) is 3. The molecule has 0 unspecified atom stereocenters. The Kier molecular flexibility index (Phi) is 2.51. The van der Waals surface area contributed by atoms with E-state index in [1.807, 2.05) is 24.3 Å². The van der Waals surface area contributed by atoms with Gasteiger partial charge >= 0.3 is 0 Å². The van der Waals surface area contributed by atoms with Gasteiger partial charge in [0.15, 0.2) is 0 Å². The predicted octanol–water partition coefficient (Wildman–Crippen LogP) is 1.24. The summed E-state index contributed by atoms with van der Waals surface area (Å²) in [6.07, 6.45) is 3.17. The van der Waals surface area contributed by atoms with Crippen LogP contribution in [-0.4, -0.2) is 15.0 Å². The minimum Gasteiger partial charge on any atom is -0.157 e. The summed E-state index contributed by atoms with van der Waals surface area (Å²) in [4.78, 5) is 1.46. The van der Waals surface area contributed by atoms with E-state index < -0.39 is 0 Å². The molecule has 1 aromatic carbocycles. The summed E-state index contributed by atoms with van der Waals surface area (Å²) in [7, 11) is 0. The second-order valence-electron chi connectivity index (χ2n) is 2.76. The van der Waals surface area contributed by atoms with Gasteiger partial charge in [0.1, 0.15) is 0 Å². The van der Waals surface area contributed by atoms with Gasteiger partial charge in [-0.15, -0.1) is 4.48 Å². The summed E-state index contributed by atoms with van der Waals surface area (Å²) in [5.41, 5.74) is 3.21. The van der Waals surface area contributed by atoms with Crippen molar-refractivity contribution in [2.75, 3.05) is 0 Å². The Labute approximate surface area is 80.3 Å². The summed E-state index contributed by atoms with van der Waals surface area (Å²) in [5.74, 6) is 0. The molecular formula is C9H9FN4. The number of aromatic nitrogens is 3. The van der Waals surface area contributed by atoms with Crippen LogP contribution in [0.2, 0.25) is 0 Å². The Hall–Kier alpha value is -1.75. The zero-order valence-electron chi connectivity index (χ0n) is 7.39. The molecule has 5 heteroatoms. The fraction of sp³-hybridized carbons (Fsp3) is 0.111. The van der Waals surface area contributed by atoms with E-state index in [0.717, 1.165) is 11.3 Å². The largest absolute Gasteiger partial charge is 0.157 e. The normalized spacial score (nSPS) is 10.4. The lowest BCUT2D eigenvalue weighted by Gasteiger charge is -2.05. The molecule has 0 saturated carbocycles. The molecule has 1 aromatic heterocycles. The molecule has 0 aliphatic rings. The van der Waals surface area contributed by atoms with Gasteiger partial charge in [-0.2, -0.15) is 20.5 Å². The minimum absolute atomic E-state index is 0.151. The van der Waals surface area contributed by atoms with Gasteiger partial charge in [-0.25, -0.2) is 0 Å². The lowest BCUT2D eigenvalue weighted by Crippen LogP contribution is -2.07. The van der Waals surface area contributed by atoms with Gasteiger partial charge in [0, 0.05) is 0 Å². The predicted molar refractivity (Wildman–Crippen MR) is 49.3 cm³/mol. The smallest absolute Gasteiger partial charge is 0.0902 e. The van der Waals surface area contributed by atoms with Gasteiger partial charge in [0.2, 0.25) is 0 Å². The van der Waals surface area contributed by atoms with Crippen LogP contribution in [0.5, 0.6) is 0 Å². The maximum absolute atomic E-state index is 12.0. The fourth-order valence-electron chi connectivity index (χ4n) is 1.27. The molecule has 0 spiro atoms. The molecule has 0 amide bonds. The van der Waals surface area contributed by atoms with Crippen LogP contribution in [0.3, 0.4) is 0 Å². The number of para-hydroxylation sites is 1. The Morgan fingerprint density at radius 2 is 1.93 bits per heavy atom. The average molecular weight is 192 g/mol. The summed E-state index contributed by atoms with van der Waals surface area (Å²) in [6, 6.07) is 7.37. The highest BCUT2D eigenvalue weighted by atomic mass is 19.2. The van der Waals surface area contributed by atoms with E-state index in [2.05, 4.69) is 10.2 Å². The Morgan fingerprint density at radius 3 is 2.64 bits per heavy atom. The van der Waals surface area contributed by atoms with Crippen molar-refractivity contribution in [2.24, 2.45) is 0 Å². The molecule has 0 atom stereocenters. The van der Waals surface area contributed by atoms with Crippen molar-refractivity contribution in [3.05, 3.63) is 42.2 Å². The Bertz CT molecular complexity index is 399. The van der Waals surface area contributed by atoms with Gasteiger partial charge < -0.3 is 0 Å². The van der Waals surface area contributed by atoms with Crippen molar-refractivity contribution in [3.63, 3.8) is 0 Å². The van der Waals surface area contributed by atoms with E-state index in [-0.39, 0.29) is 6.54 Å². The van der Waals surface area contributed by atoms with Crippen molar-refractivity contribution in [3.8, 4) is 5.69 Å². The first-order chi connectivity index (χ1) is 6.92. The highest BCUT2D eigenvalue weighted by Crippen LogP contribution is 2.11. The monoisotopic (exact) mass is 192 g/mol. The van der Waals surface area contributed by atoms with E-state index in [1.165, 1.54) is 4.80 Å². The number of rotatable bonds is 3. The average Bonchev–Trinajstić information content (AvgIpc) is 2.72. The first-order valence-corrected chi connectivity index (χ1v) is 4.20. The van der Waals surface area contributed by atoms with Gasteiger partial charge in [0.25, 0.3) is 0 Å². The van der Waals surface area contributed by atoms with Gasteiger partial charge in [-0.05, 0) is 11.6 Å². The SMILES string of the molecule is FNCc1ccccc1-n1nccn1. The van der Waals surface area contributed by atoms with Crippen LogP contribution in [0.4, 0.5) is 4.48 Å². The van der Waals surface area contributed by atoms with Crippen LogP contribution in [-0.2, 0) is 6.54 Å². The van der Waals surface area contributed by atoms with Crippen LogP contribution in [0.1, 0.15) is 5.56 Å². The maximum Gasteiger partial charge on any atom is 0.0902 e. The molecule has 1 N–H and O–H groups in total. The van der Waals surface area contributed by atoms with Gasteiger partial charge in [0.05, 0.1) is 24.6 Å². The lowest BCUT2D eigenvalue weighted by molar-refractivity contribution is 0.329. The maximum atomic E-state index is 12.0. The van der Waals surface area contributed by atoms with Crippen molar-refractivity contribution in [2.45, 2.75) is 6.54 Å². The van der Waals surface area contributed by atoms with E-state index in [9.17, 15) is 4.48 Å².